The number of methoxy groups -OCH3 is 1. The zero-order valence-electron chi connectivity index (χ0n) is 22.2. The number of rotatable bonds is 9. The Morgan fingerprint density at radius 3 is 2.71 bits per heavy atom. The van der Waals surface area contributed by atoms with Gasteiger partial charge in [0.25, 0.3) is 5.56 Å². The summed E-state index contributed by atoms with van der Waals surface area (Å²) in [7, 11) is 1.55. The van der Waals surface area contributed by atoms with Gasteiger partial charge in [-0.25, -0.2) is 9.97 Å². The summed E-state index contributed by atoms with van der Waals surface area (Å²) in [6, 6.07) is 10.1. The molecule has 0 radical (unpaired) electrons. The minimum absolute atomic E-state index is 0.204. The van der Waals surface area contributed by atoms with E-state index in [0.717, 1.165) is 56.8 Å². The lowest BCUT2D eigenvalue weighted by Gasteiger charge is -2.32. The number of nitrogens with zero attached hydrogens (tertiary/aromatic N) is 4. The van der Waals surface area contributed by atoms with Crippen molar-refractivity contribution >= 4 is 22.3 Å². The summed E-state index contributed by atoms with van der Waals surface area (Å²) < 4.78 is 10.7. The van der Waals surface area contributed by atoms with Gasteiger partial charge in [0, 0.05) is 25.0 Å². The van der Waals surface area contributed by atoms with Crippen molar-refractivity contribution in [2.75, 3.05) is 45.3 Å². The number of fused-ring (bicyclic) bond motifs is 1. The van der Waals surface area contributed by atoms with Gasteiger partial charge in [-0.3, -0.25) is 9.78 Å². The highest BCUT2D eigenvalue weighted by atomic mass is 16.5. The number of hydrogen-bond donors (Lipinski definition) is 2. The molecule has 1 aromatic carbocycles. The molecule has 0 unspecified atom stereocenters. The Labute approximate surface area is 222 Å². The van der Waals surface area contributed by atoms with Crippen LogP contribution in [-0.4, -0.2) is 64.8 Å². The largest absolute Gasteiger partial charge is 0.480 e. The third-order valence-corrected chi connectivity index (χ3v) is 7.15. The second kappa shape index (κ2) is 11.7. The summed E-state index contributed by atoms with van der Waals surface area (Å²) >= 11 is 0. The van der Waals surface area contributed by atoms with Crippen LogP contribution in [0.5, 0.6) is 5.88 Å². The Balaban J connectivity index is 1.39. The van der Waals surface area contributed by atoms with Crippen molar-refractivity contribution in [3.8, 4) is 17.3 Å². The van der Waals surface area contributed by atoms with Crippen molar-refractivity contribution in [3.05, 3.63) is 70.4 Å². The SMILES string of the molecule is CCOCCN1CCC(c2ccc(Nc3nc(-c4cncc(OC)n4)cc4cc[nH]c(=O)c34)cc2C)CC1. The topological polar surface area (TPSA) is 105 Å². The lowest BCUT2D eigenvalue weighted by Crippen LogP contribution is -2.35. The average molecular weight is 515 g/mol. The number of likely N-dealkylation sites (tertiary alicyclic amines) is 1. The van der Waals surface area contributed by atoms with Gasteiger partial charge in [0.2, 0.25) is 5.88 Å². The zero-order valence-corrected chi connectivity index (χ0v) is 22.2. The first kappa shape index (κ1) is 25.8. The molecule has 1 aliphatic rings. The quantitative estimate of drug-likeness (QED) is 0.311. The van der Waals surface area contributed by atoms with Crippen molar-refractivity contribution < 1.29 is 9.47 Å². The van der Waals surface area contributed by atoms with Crippen LogP contribution in [0.3, 0.4) is 0 Å². The van der Waals surface area contributed by atoms with Crippen molar-refractivity contribution in [2.45, 2.75) is 32.6 Å². The third kappa shape index (κ3) is 5.69. The van der Waals surface area contributed by atoms with Crippen LogP contribution in [-0.2, 0) is 4.74 Å². The molecule has 9 nitrogen and oxygen atoms in total. The summed E-state index contributed by atoms with van der Waals surface area (Å²) in [4.78, 5) is 31.5. The minimum Gasteiger partial charge on any atom is -0.480 e. The van der Waals surface area contributed by atoms with Crippen LogP contribution in [0.2, 0.25) is 0 Å². The summed E-state index contributed by atoms with van der Waals surface area (Å²) in [5, 5.41) is 4.65. The molecule has 0 saturated carbocycles. The maximum atomic E-state index is 12.8. The molecular weight excluding hydrogens is 480 g/mol. The highest BCUT2D eigenvalue weighted by Gasteiger charge is 2.22. The van der Waals surface area contributed by atoms with Crippen LogP contribution in [0, 0.1) is 6.92 Å². The predicted octanol–water partition coefficient (Wildman–Crippen LogP) is 4.66. The van der Waals surface area contributed by atoms with E-state index in [9.17, 15) is 4.79 Å². The maximum Gasteiger partial charge on any atom is 0.259 e. The molecule has 0 bridgehead atoms. The number of anilines is 2. The van der Waals surface area contributed by atoms with E-state index in [1.807, 2.05) is 19.1 Å². The minimum atomic E-state index is -0.204. The van der Waals surface area contributed by atoms with E-state index in [-0.39, 0.29) is 5.56 Å². The van der Waals surface area contributed by atoms with Crippen LogP contribution in [0.15, 0.2) is 53.7 Å². The molecule has 3 aromatic heterocycles. The molecule has 4 heterocycles. The molecule has 5 rings (SSSR count). The second-order valence-corrected chi connectivity index (χ2v) is 9.58. The van der Waals surface area contributed by atoms with E-state index < -0.39 is 0 Å². The maximum absolute atomic E-state index is 12.8. The molecular formula is C29H34N6O3. The lowest BCUT2D eigenvalue weighted by atomic mass is 9.86. The normalized spacial score (nSPS) is 14.6. The van der Waals surface area contributed by atoms with Gasteiger partial charge in [0.1, 0.15) is 11.5 Å². The first-order chi connectivity index (χ1) is 18.6. The molecule has 0 aliphatic carbocycles. The van der Waals surface area contributed by atoms with Gasteiger partial charge in [-0.1, -0.05) is 6.07 Å². The monoisotopic (exact) mass is 514 g/mol. The smallest absolute Gasteiger partial charge is 0.259 e. The average Bonchev–Trinajstić information content (AvgIpc) is 2.94. The van der Waals surface area contributed by atoms with Gasteiger partial charge in [0.15, 0.2) is 0 Å². The molecule has 198 valence electrons. The van der Waals surface area contributed by atoms with E-state index in [1.54, 1.807) is 25.7 Å². The lowest BCUT2D eigenvalue weighted by molar-refractivity contribution is 0.102. The van der Waals surface area contributed by atoms with Gasteiger partial charge in [-0.15, -0.1) is 0 Å². The molecule has 1 saturated heterocycles. The molecule has 2 N–H and O–H groups in total. The van der Waals surface area contributed by atoms with Crippen LogP contribution in [0.4, 0.5) is 11.5 Å². The number of aromatic amines is 1. The van der Waals surface area contributed by atoms with E-state index in [4.69, 9.17) is 14.5 Å². The van der Waals surface area contributed by atoms with Crippen molar-refractivity contribution in [2.24, 2.45) is 0 Å². The third-order valence-electron chi connectivity index (χ3n) is 7.15. The highest BCUT2D eigenvalue weighted by molar-refractivity contribution is 5.94. The van der Waals surface area contributed by atoms with Gasteiger partial charge in [-0.05, 0) is 86.5 Å². The van der Waals surface area contributed by atoms with E-state index in [0.29, 0.717) is 34.4 Å². The summed E-state index contributed by atoms with van der Waals surface area (Å²) in [6.07, 6.45) is 7.10. The Kier molecular flexibility index (Phi) is 7.95. The van der Waals surface area contributed by atoms with Gasteiger partial charge in [0.05, 0.1) is 37.2 Å². The first-order valence-corrected chi connectivity index (χ1v) is 13.1. The first-order valence-electron chi connectivity index (χ1n) is 13.1. The van der Waals surface area contributed by atoms with Crippen LogP contribution in [0.1, 0.15) is 36.8 Å². The Hall–Kier alpha value is -3.82. The van der Waals surface area contributed by atoms with Gasteiger partial charge >= 0.3 is 0 Å². The Bertz CT molecular complexity index is 1460. The molecule has 1 fully saturated rings. The number of piperidine rings is 1. The summed E-state index contributed by atoms with van der Waals surface area (Å²) in [6.45, 7) is 8.96. The molecule has 1 aliphatic heterocycles. The molecule has 0 spiro atoms. The van der Waals surface area contributed by atoms with E-state index in [1.165, 1.54) is 11.1 Å². The predicted molar refractivity (Wildman–Crippen MR) is 149 cm³/mol. The molecule has 4 aromatic rings. The van der Waals surface area contributed by atoms with Crippen molar-refractivity contribution in [1.82, 2.24) is 24.8 Å². The van der Waals surface area contributed by atoms with Crippen LogP contribution < -0.4 is 15.6 Å². The van der Waals surface area contributed by atoms with Crippen LogP contribution >= 0.6 is 0 Å². The number of aromatic nitrogens is 4. The molecule has 38 heavy (non-hydrogen) atoms. The Morgan fingerprint density at radius 1 is 1.11 bits per heavy atom. The number of H-pyrrole nitrogens is 1. The fourth-order valence-corrected chi connectivity index (χ4v) is 5.16. The van der Waals surface area contributed by atoms with E-state index >= 15 is 0 Å². The Morgan fingerprint density at radius 2 is 1.95 bits per heavy atom. The van der Waals surface area contributed by atoms with Crippen molar-refractivity contribution in [3.63, 3.8) is 0 Å². The number of ether oxygens (including phenoxy) is 2. The molecule has 9 heteroatoms. The van der Waals surface area contributed by atoms with Crippen molar-refractivity contribution in [1.29, 1.82) is 0 Å². The molecule has 0 amide bonds. The number of pyridine rings is 2. The van der Waals surface area contributed by atoms with E-state index in [2.05, 4.69) is 50.3 Å². The number of aryl methyl sites for hydroxylation is 1. The highest BCUT2D eigenvalue weighted by Crippen LogP contribution is 2.33. The fourth-order valence-electron chi connectivity index (χ4n) is 5.16. The fraction of sp³-hybridized carbons (Fsp3) is 0.379. The van der Waals surface area contributed by atoms with Gasteiger partial charge < -0.3 is 24.7 Å². The standard InChI is InChI=1S/C29H34N6O3/c1-4-38-14-13-35-11-8-20(9-12-35)23-6-5-22(15-19(23)2)32-28-27-21(7-10-31-29(27)36)16-24(34-28)25-17-30-18-26(33-25)37-3/h5-7,10,15-18,20H,4,8-9,11-14H2,1-3H3,(H,31,36)(H,32,34). The summed E-state index contributed by atoms with van der Waals surface area (Å²) in [5.41, 5.74) is 4.46. The molecule has 0 atom stereocenters. The number of hydrogen-bond acceptors (Lipinski definition) is 8. The second-order valence-electron chi connectivity index (χ2n) is 9.58. The number of benzene rings is 1. The van der Waals surface area contributed by atoms with Gasteiger partial charge in [-0.2, -0.15) is 0 Å². The number of nitrogens with one attached hydrogen (secondary N) is 2. The zero-order chi connectivity index (χ0) is 26.5. The van der Waals surface area contributed by atoms with Crippen LogP contribution in [0.25, 0.3) is 22.2 Å². The summed E-state index contributed by atoms with van der Waals surface area (Å²) in [5.74, 6) is 1.42.